The molecule has 0 fully saturated rings. The molecule has 0 aromatic heterocycles. The molecular formula is C21H29NO2. The minimum atomic E-state index is 0. The number of hydrogen-bond donors (Lipinski definition) is 1. The second-order valence-corrected chi connectivity index (χ2v) is 5.36. The average Bonchev–Trinajstić information content (AvgIpc) is 2.55. The van der Waals surface area contributed by atoms with E-state index in [-0.39, 0.29) is 6.15 Å². The third-order valence-corrected chi connectivity index (χ3v) is 3.56. The van der Waals surface area contributed by atoms with E-state index in [0.29, 0.717) is 13.2 Å². The first-order chi connectivity index (χ1) is 11.3. The Morgan fingerprint density at radius 3 is 2.04 bits per heavy atom. The normalized spacial score (nSPS) is 10.5. The van der Waals surface area contributed by atoms with Crippen molar-refractivity contribution in [3.63, 3.8) is 0 Å². The summed E-state index contributed by atoms with van der Waals surface area (Å²) in [4.78, 5) is 0. The van der Waals surface area contributed by atoms with Crippen molar-refractivity contribution in [3.05, 3.63) is 59.2 Å². The SMILES string of the molecule is CCCc1cccc(C=Cc2c(OCC)cccc2OCC)c1.N. The van der Waals surface area contributed by atoms with E-state index in [1.54, 1.807) is 0 Å². The first-order valence-electron chi connectivity index (χ1n) is 8.44. The van der Waals surface area contributed by atoms with Crippen molar-refractivity contribution in [1.29, 1.82) is 0 Å². The van der Waals surface area contributed by atoms with Crippen LogP contribution < -0.4 is 15.6 Å². The standard InChI is InChI=1S/C21H26O2.H3N/c1-4-9-17-10-7-11-18(16-17)14-15-19-20(22-5-2)12-8-13-21(19)23-6-3;/h7-8,10-16H,4-6,9H2,1-3H3;1H3. The van der Waals surface area contributed by atoms with E-state index in [0.717, 1.165) is 29.9 Å². The average molecular weight is 327 g/mol. The topological polar surface area (TPSA) is 53.5 Å². The van der Waals surface area contributed by atoms with Crippen LogP contribution in [0, 0.1) is 0 Å². The molecule has 24 heavy (non-hydrogen) atoms. The zero-order valence-corrected chi connectivity index (χ0v) is 15.0. The Morgan fingerprint density at radius 1 is 0.833 bits per heavy atom. The maximum absolute atomic E-state index is 5.74. The molecule has 2 aromatic carbocycles. The van der Waals surface area contributed by atoms with E-state index >= 15 is 0 Å². The molecule has 0 aliphatic rings. The Kier molecular flexibility index (Phi) is 8.66. The van der Waals surface area contributed by atoms with Crippen LogP contribution in [0.15, 0.2) is 42.5 Å². The van der Waals surface area contributed by atoms with Crippen LogP contribution in [0.2, 0.25) is 0 Å². The highest BCUT2D eigenvalue weighted by Crippen LogP contribution is 2.30. The van der Waals surface area contributed by atoms with Gasteiger partial charge in [-0.15, -0.1) is 0 Å². The van der Waals surface area contributed by atoms with Crippen molar-refractivity contribution in [1.82, 2.24) is 6.15 Å². The molecule has 0 heterocycles. The summed E-state index contributed by atoms with van der Waals surface area (Å²) in [5, 5.41) is 0. The fourth-order valence-electron chi connectivity index (χ4n) is 2.57. The van der Waals surface area contributed by atoms with Gasteiger partial charge in [-0.3, -0.25) is 0 Å². The van der Waals surface area contributed by atoms with Gasteiger partial charge in [0, 0.05) is 0 Å². The summed E-state index contributed by atoms with van der Waals surface area (Å²) >= 11 is 0. The van der Waals surface area contributed by atoms with E-state index in [4.69, 9.17) is 9.47 Å². The van der Waals surface area contributed by atoms with Gasteiger partial charge in [0.2, 0.25) is 0 Å². The van der Waals surface area contributed by atoms with Gasteiger partial charge in [0.25, 0.3) is 0 Å². The largest absolute Gasteiger partial charge is 0.493 e. The molecule has 3 N–H and O–H groups in total. The van der Waals surface area contributed by atoms with Gasteiger partial charge >= 0.3 is 0 Å². The molecule has 0 aliphatic heterocycles. The van der Waals surface area contributed by atoms with Gasteiger partial charge in [-0.1, -0.05) is 49.8 Å². The second kappa shape index (κ2) is 10.5. The minimum Gasteiger partial charge on any atom is -0.493 e. The molecule has 130 valence electrons. The zero-order chi connectivity index (χ0) is 16.5. The summed E-state index contributed by atoms with van der Waals surface area (Å²) in [7, 11) is 0. The molecular weight excluding hydrogens is 298 g/mol. The van der Waals surface area contributed by atoms with E-state index < -0.39 is 0 Å². The molecule has 0 unspecified atom stereocenters. The quantitative estimate of drug-likeness (QED) is 0.626. The molecule has 2 rings (SSSR count). The van der Waals surface area contributed by atoms with Crippen molar-refractivity contribution >= 4 is 12.2 Å². The summed E-state index contributed by atoms with van der Waals surface area (Å²) in [6, 6.07) is 14.6. The number of ether oxygens (including phenoxy) is 2. The fraction of sp³-hybridized carbons (Fsp3) is 0.333. The van der Waals surface area contributed by atoms with Crippen molar-refractivity contribution in [2.75, 3.05) is 13.2 Å². The van der Waals surface area contributed by atoms with Crippen molar-refractivity contribution < 1.29 is 9.47 Å². The molecule has 0 spiro atoms. The first-order valence-corrected chi connectivity index (χ1v) is 8.44. The monoisotopic (exact) mass is 327 g/mol. The number of aryl methyl sites for hydroxylation is 1. The maximum Gasteiger partial charge on any atom is 0.130 e. The lowest BCUT2D eigenvalue weighted by Gasteiger charge is -2.12. The van der Waals surface area contributed by atoms with Crippen LogP contribution in [0.1, 0.15) is 43.9 Å². The Morgan fingerprint density at radius 2 is 1.46 bits per heavy atom. The Bertz CT molecular complexity index is 626. The number of benzene rings is 2. The van der Waals surface area contributed by atoms with Crippen LogP contribution >= 0.6 is 0 Å². The third kappa shape index (κ3) is 5.43. The van der Waals surface area contributed by atoms with Crippen LogP contribution in [-0.2, 0) is 6.42 Å². The van der Waals surface area contributed by atoms with Crippen LogP contribution in [0.5, 0.6) is 11.5 Å². The molecule has 0 radical (unpaired) electrons. The van der Waals surface area contributed by atoms with Crippen molar-refractivity contribution in [2.45, 2.75) is 33.6 Å². The molecule has 0 saturated heterocycles. The zero-order valence-electron chi connectivity index (χ0n) is 15.0. The van der Waals surface area contributed by atoms with Crippen molar-refractivity contribution in [3.8, 4) is 11.5 Å². The van der Waals surface area contributed by atoms with E-state index in [1.807, 2.05) is 32.0 Å². The van der Waals surface area contributed by atoms with E-state index in [1.165, 1.54) is 11.1 Å². The summed E-state index contributed by atoms with van der Waals surface area (Å²) in [5.74, 6) is 1.72. The van der Waals surface area contributed by atoms with Gasteiger partial charge in [-0.2, -0.15) is 0 Å². The highest BCUT2D eigenvalue weighted by Gasteiger charge is 2.07. The predicted molar refractivity (Wildman–Crippen MR) is 103 cm³/mol. The summed E-state index contributed by atoms with van der Waals surface area (Å²) < 4.78 is 11.5. The molecule has 3 heteroatoms. The molecule has 2 aromatic rings. The maximum atomic E-state index is 5.74. The van der Waals surface area contributed by atoms with Crippen LogP contribution in [0.4, 0.5) is 0 Å². The summed E-state index contributed by atoms with van der Waals surface area (Å²) in [6.45, 7) is 7.48. The summed E-state index contributed by atoms with van der Waals surface area (Å²) in [6.07, 6.45) is 6.48. The Balaban J connectivity index is 0.00000288. The van der Waals surface area contributed by atoms with Crippen LogP contribution in [-0.4, -0.2) is 13.2 Å². The third-order valence-electron chi connectivity index (χ3n) is 3.56. The Labute approximate surface area is 145 Å². The van der Waals surface area contributed by atoms with Gasteiger partial charge in [-0.05, 0) is 49.6 Å². The van der Waals surface area contributed by atoms with Crippen LogP contribution in [0.3, 0.4) is 0 Å². The molecule has 3 nitrogen and oxygen atoms in total. The molecule has 0 amide bonds. The smallest absolute Gasteiger partial charge is 0.130 e. The van der Waals surface area contributed by atoms with Crippen molar-refractivity contribution in [2.24, 2.45) is 0 Å². The summed E-state index contributed by atoms with van der Waals surface area (Å²) in [5.41, 5.74) is 3.57. The lowest BCUT2D eigenvalue weighted by atomic mass is 10.1. The molecule has 0 atom stereocenters. The van der Waals surface area contributed by atoms with Gasteiger partial charge in [0.05, 0.1) is 18.8 Å². The first kappa shape index (κ1) is 19.8. The highest BCUT2D eigenvalue weighted by atomic mass is 16.5. The predicted octanol–water partition coefficient (Wildman–Crippen LogP) is 5.77. The molecule has 0 saturated carbocycles. The van der Waals surface area contributed by atoms with Gasteiger partial charge in [-0.25, -0.2) is 0 Å². The minimum absolute atomic E-state index is 0. The lowest BCUT2D eigenvalue weighted by molar-refractivity contribution is 0.322. The molecule has 0 bridgehead atoms. The number of hydrogen-bond acceptors (Lipinski definition) is 3. The second-order valence-electron chi connectivity index (χ2n) is 5.36. The molecule has 0 aliphatic carbocycles. The fourth-order valence-corrected chi connectivity index (χ4v) is 2.57. The lowest BCUT2D eigenvalue weighted by Crippen LogP contribution is -1.98. The van der Waals surface area contributed by atoms with E-state index in [9.17, 15) is 0 Å². The highest BCUT2D eigenvalue weighted by molar-refractivity contribution is 5.76. The van der Waals surface area contributed by atoms with Gasteiger partial charge in [0.1, 0.15) is 11.5 Å². The number of rotatable bonds is 8. The van der Waals surface area contributed by atoms with E-state index in [2.05, 4.69) is 43.3 Å². The van der Waals surface area contributed by atoms with Crippen LogP contribution in [0.25, 0.3) is 12.2 Å². The van der Waals surface area contributed by atoms with Gasteiger partial charge in [0.15, 0.2) is 0 Å². The Hall–Kier alpha value is -2.26. The van der Waals surface area contributed by atoms with Gasteiger partial charge < -0.3 is 15.6 Å².